The van der Waals surface area contributed by atoms with E-state index in [0.717, 1.165) is 5.56 Å². The largest absolute Gasteiger partial charge is 0.508 e. The maximum absolute atomic E-state index is 13.4. The number of para-hydroxylation sites is 1. The highest BCUT2D eigenvalue weighted by Gasteiger charge is 2.53. The molecule has 6 N–H and O–H groups in total. The van der Waals surface area contributed by atoms with Crippen LogP contribution in [0.3, 0.4) is 0 Å². The summed E-state index contributed by atoms with van der Waals surface area (Å²) >= 11 is 5.55. The van der Waals surface area contributed by atoms with E-state index in [0.29, 0.717) is 83.0 Å². The van der Waals surface area contributed by atoms with Crippen LogP contribution in [0.5, 0.6) is 5.75 Å². The quantitative estimate of drug-likeness (QED) is 0.0376. The van der Waals surface area contributed by atoms with Gasteiger partial charge in [0.05, 0.1) is 30.2 Å². The minimum absolute atomic E-state index is 0.0128. The zero-order valence-corrected chi connectivity index (χ0v) is 38.3. The van der Waals surface area contributed by atoms with Gasteiger partial charge in [0.15, 0.2) is 10.5 Å². The zero-order chi connectivity index (χ0) is 48.4. The van der Waals surface area contributed by atoms with Crippen LogP contribution >= 0.6 is 12.2 Å². The number of benzene rings is 5. The number of rotatable bonds is 13. The fourth-order valence-electron chi connectivity index (χ4n) is 8.68. The summed E-state index contributed by atoms with van der Waals surface area (Å²) in [6, 6.07) is 29.0. The van der Waals surface area contributed by atoms with E-state index in [4.69, 9.17) is 21.4 Å². The SMILES string of the molecule is CC(COC(C)CNC(=S)Nc1ccc(-c2c3ccc(=O)cc-3oc3cc(O)ccc23)c(C(=O)O)c1)Cn1cc(-c2cccc(NC(=O)N3CCC4(CC3)NC(=O)N(c3ccccc3)C4=O)c2)nn1. The Kier molecular flexibility index (Phi) is 12.8. The number of amides is 5. The Balaban J connectivity index is 0.741. The van der Waals surface area contributed by atoms with Gasteiger partial charge >= 0.3 is 18.0 Å². The number of phenolic OH excluding ortho intramolecular Hbond substituents is 1. The zero-order valence-electron chi connectivity index (χ0n) is 37.5. The Hall–Kier alpha value is -8.16. The molecule has 4 aliphatic rings. The van der Waals surface area contributed by atoms with E-state index in [1.54, 1.807) is 64.2 Å². The average Bonchev–Trinajstić information content (AvgIpc) is 3.90. The van der Waals surface area contributed by atoms with Crippen LogP contribution in [0.25, 0.3) is 44.7 Å². The number of urea groups is 2. The maximum atomic E-state index is 13.4. The fourth-order valence-corrected chi connectivity index (χ4v) is 8.88. The minimum atomic E-state index is -1.17. The number of ether oxygens (including phenoxy) is 1. The first-order valence-corrected chi connectivity index (χ1v) is 22.7. The van der Waals surface area contributed by atoms with Crippen molar-refractivity contribution in [3.8, 4) is 39.5 Å². The molecule has 2 atom stereocenters. The summed E-state index contributed by atoms with van der Waals surface area (Å²) in [5.41, 5.74) is 3.33. The molecule has 69 heavy (non-hydrogen) atoms. The first-order chi connectivity index (χ1) is 33.2. The standard InChI is InChI=1S/C50H47N9O9S/c1-29(26-58-27-41(55-56-58)31-7-6-8-32(21-31)53-48(65)57-19-17-50(18-20-57)46(64)59(49(66)54-50)34-9-4-3-5-10-34)28-67-30(2)25-51-47(69)52-33-11-14-37(40(22-33)45(62)63)44-38-15-12-35(60)23-42(38)68-43-24-36(61)13-16-39(43)44/h3-16,21-24,27,29-30,60H,17-20,25-26,28H2,1-2H3,(H,53,65)(H,54,66)(H,62,63)(H2,51,52,69). The lowest BCUT2D eigenvalue weighted by Gasteiger charge is -2.37. The van der Waals surface area contributed by atoms with Crippen molar-refractivity contribution in [2.75, 3.05) is 41.8 Å². The number of likely N-dealkylation sites (tertiary alicyclic amines) is 1. The molecular formula is C50H47N9O9S. The fraction of sp³-hybridized carbons (Fsp3) is 0.240. The van der Waals surface area contributed by atoms with E-state index in [2.05, 4.69) is 31.6 Å². The number of nitrogens with one attached hydrogen (secondary N) is 4. The number of anilines is 3. The Labute approximate surface area is 400 Å². The number of carboxylic acid groups (broad SMARTS) is 1. The highest BCUT2D eigenvalue weighted by Crippen LogP contribution is 2.42. The van der Waals surface area contributed by atoms with Gasteiger partial charge in [0.2, 0.25) is 0 Å². The molecule has 0 bridgehead atoms. The lowest BCUT2D eigenvalue weighted by molar-refractivity contribution is -0.123. The highest BCUT2D eigenvalue weighted by atomic mass is 32.1. The summed E-state index contributed by atoms with van der Waals surface area (Å²) in [5, 5.41) is 42.0. The van der Waals surface area contributed by atoms with Gasteiger partial charge < -0.3 is 45.5 Å². The molecule has 1 spiro atoms. The topological polar surface area (TPSA) is 233 Å². The van der Waals surface area contributed by atoms with Crippen LogP contribution in [0.15, 0.2) is 125 Å². The number of piperidine rings is 1. The number of aromatic hydroxyl groups is 1. The molecule has 4 aromatic carbocycles. The van der Waals surface area contributed by atoms with Gasteiger partial charge in [-0.3, -0.25) is 14.3 Å². The Bertz CT molecular complexity index is 3150. The number of hydrogen-bond acceptors (Lipinski definition) is 11. The molecule has 3 aliphatic heterocycles. The van der Waals surface area contributed by atoms with E-state index in [1.165, 1.54) is 35.2 Å². The molecular weight excluding hydrogens is 903 g/mol. The number of nitrogens with zero attached hydrogens (tertiary/aromatic N) is 5. The minimum Gasteiger partial charge on any atom is -0.508 e. The van der Waals surface area contributed by atoms with Crippen LogP contribution in [-0.2, 0) is 16.1 Å². The Morgan fingerprint density at radius 3 is 2.45 bits per heavy atom. The van der Waals surface area contributed by atoms with Gasteiger partial charge in [-0.15, -0.1) is 5.10 Å². The van der Waals surface area contributed by atoms with Crippen LogP contribution in [0, 0.1) is 5.92 Å². The molecule has 18 nitrogen and oxygen atoms in total. The normalized spacial score (nSPS) is 15.3. The molecule has 2 fully saturated rings. The molecule has 0 saturated carbocycles. The van der Waals surface area contributed by atoms with Gasteiger partial charge in [-0.05, 0) is 104 Å². The van der Waals surface area contributed by atoms with E-state index in [9.17, 15) is 34.2 Å². The van der Waals surface area contributed by atoms with Gasteiger partial charge in [-0.25, -0.2) is 19.3 Å². The summed E-state index contributed by atoms with van der Waals surface area (Å²) in [5.74, 6) is -1.21. The molecule has 1 aromatic heterocycles. The molecule has 352 valence electrons. The van der Waals surface area contributed by atoms with Crippen molar-refractivity contribution in [1.82, 2.24) is 30.5 Å². The van der Waals surface area contributed by atoms with Crippen molar-refractivity contribution in [3.63, 3.8) is 0 Å². The van der Waals surface area contributed by atoms with Crippen molar-refractivity contribution in [2.24, 2.45) is 5.92 Å². The van der Waals surface area contributed by atoms with Gasteiger partial charge in [0.1, 0.15) is 28.3 Å². The summed E-state index contributed by atoms with van der Waals surface area (Å²) in [7, 11) is 0. The number of hydrogen-bond donors (Lipinski definition) is 6. The second-order valence-electron chi connectivity index (χ2n) is 17.3. The van der Waals surface area contributed by atoms with Gasteiger partial charge in [0, 0.05) is 71.8 Å². The monoisotopic (exact) mass is 949 g/mol. The van der Waals surface area contributed by atoms with Gasteiger partial charge in [-0.2, -0.15) is 0 Å². The van der Waals surface area contributed by atoms with Crippen LogP contribution in [0.2, 0.25) is 0 Å². The third-order valence-electron chi connectivity index (χ3n) is 12.2. The highest BCUT2D eigenvalue weighted by molar-refractivity contribution is 7.80. The summed E-state index contributed by atoms with van der Waals surface area (Å²) in [4.78, 5) is 67.2. The molecule has 5 amide bonds. The van der Waals surface area contributed by atoms with E-state index in [1.807, 2.05) is 44.3 Å². The molecule has 9 rings (SSSR count). The predicted molar refractivity (Wildman–Crippen MR) is 262 cm³/mol. The third-order valence-corrected chi connectivity index (χ3v) is 12.4. The van der Waals surface area contributed by atoms with Gasteiger partial charge in [0.25, 0.3) is 5.91 Å². The first-order valence-electron chi connectivity index (χ1n) is 22.3. The summed E-state index contributed by atoms with van der Waals surface area (Å²) in [6.07, 6.45) is 2.18. The first kappa shape index (κ1) is 46.0. The number of thiocarbonyl (C=S) groups is 1. The smallest absolute Gasteiger partial charge is 0.336 e. The molecule has 1 aliphatic carbocycles. The molecule has 2 unspecified atom stereocenters. The molecule has 4 heterocycles. The molecule has 5 aromatic rings. The number of phenols is 1. The number of aromatic carboxylic acids is 1. The van der Waals surface area contributed by atoms with Crippen molar-refractivity contribution < 1.29 is 38.5 Å². The molecule has 2 saturated heterocycles. The Morgan fingerprint density at radius 1 is 0.899 bits per heavy atom. The number of aromatic nitrogens is 3. The van der Waals surface area contributed by atoms with Crippen molar-refractivity contribution >= 4 is 69.3 Å². The third kappa shape index (κ3) is 9.81. The molecule has 0 radical (unpaired) electrons. The average molecular weight is 950 g/mol. The number of fused-ring (bicyclic) bond motifs is 2. The van der Waals surface area contributed by atoms with Crippen molar-refractivity contribution in [1.29, 1.82) is 0 Å². The van der Waals surface area contributed by atoms with Crippen molar-refractivity contribution in [3.05, 3.63) is 131 Å². The van der Waals surface area contributed by atoms with E-state index in [-0.39, 0.29) is 64.7 Å². The number of imide groups is 1. The van der Waals surface area contributed by atoms with Crippen LogP contribution in [0.1, 0.15) is 37.0 Å². The van der Waals surface area contributed by atoms with Gasteiger partial charge in [-0.1, -0.05) is 48.5 Å². The second kappa shape index (κ2) is 19.2. The number of carbonyl (C=O) groups is 4. The lowest BCUT2D eigenvalue weighted by atomic mass is 9.87. The van der Waals surface area contributed by atoms with E-state index >= 15 is 0 Å². The van der Waals surface area contributed by atoms with E-state index < -0.39 is 17.5 Å². The predicted octanol–water partition coefficient (Wildman–Crippen LogP) is 7.38. The second-order valence-corrected chi connectivity index (χ2v) is 17.7. The van der Waals surface area contributed by atoms with Crippen LogP contribution in [0.4, 0.5) is 26.7 Å². The number of carbonyl (C=O) groups excluding carboxylic acids is 3. The lowest BCUT2D eigenvalue weighted by Crippen LogP contribution is -2.56. The van der Waals surface area contributed by atoms with Crippen LogP contribution in [-0.4, -0.2) is 97.0 Å². The van der Waals surface area contributed by atoms with Crippen molar-refractivity contribution in [2.45, 2.75) is 44.9 Å². The maximum Gasteiger partial charge on any atom is 0.336 e. The van der Waals surface area contributed by atoms with Crippen LogP contribution < -0.4 is 31.6 Å². The Morgan fingerprint density at radius 2 is 1.67 bits per heavy atom. The molecule has 19 heteroatoms. The number of carboxylic acids is 1. The summed E-state index contributed by atoms with van der Waals surface area (Å²) < 4.78 is 13.8. The summed E-state index contributed by atoms with van der Waals surface area (Å²) in [6.45, 7) is 5.83.